The number of likely N-dealkylation sites (tertiary alicyclic amines) is 1. The Morgan fingerprint density at radius 2 is 1.91 bits per heavy atom. The first-order valence-corrected chi connectivity index (χ1v) is 10.5. The maximum atomic E-state index is 13.0. The number of carbonyl (C=O) groups excluding carboxylic acids is 2. The van der Waals surface area contributed by atoms with Crippen LogP contribution < -0.4 is 4.74 Å². The molecule has 190 valence electrons. The fourth-order valence-corrected chi connectivity index (χ4v) is 3.47. The Bertz CT molecular complexity index is 931. The number of hydrogen-bond acceptors (Lipinski definition) is 8. The number of carbonyl (C=O) groups is 2. The van der Waals surface area contributed by atoms with E-state index in [0.29, 0.717) is 25.6 Å². The fourth-order valence-electron chi connectivity index (χ4n) is 3.47. The van der Waals surface area contributed by atoms with E-state index >= 15 is 0 Å². The molecular formula is C21H28F3N3O7. The molecule has 0 aliphatic carbocycles. The SMILES string of the molecule is CCOC(=O)c1cc(OC(F)(F)F)c(CN2CC[C@@H](N(C)C(=O)OC(C)(C)C)C2)cc1[N+](=O)[O-]. The van der Waals surface area contributed by atoms with Gasteiger partial charge in [-0.05, 0) is 34.1 Å². The van der Waals surface area contributed by atoms with E-state index in [1.54, 1.807) is 32.7 Å². The number of nitro groups is 1. The van der Waals surface area contributed by atoms with Gasteiger partial charge < -0.3 is 19.1 Å². The van der Waals surface area contributed by atoms with Crippen LogP contribution in [0.4, 0.5) is 23.7 Å². The average molecular weight is 491 g/mol. The molecule has 0 bridgehead atoms. The molecule has 34 heavy (non-hydrogen) atoms. The van der Waals surface area contributed by atoms with Crippen LogP contribution in [0, 0.1) is 10.1 Å². The van der Waals surface area contributed by atoms with Crippen molar-refractivity contribution in [3.63, 3.8) is 0 Å². The number of esters is 1. The van der Waals surface area contributed by atoms with Gasteiger partial charge in [-0.3, -0.25) is 15.0 Å². The maximum Gasteiger partial charge on any atom is 0.573 e. The van der Waals surface area contributed by atoms with Gasteiger partial charge in [-0.25, -0.2) is 9.59 Å². The van der Waals surface area contributed by atoms with Crippen molar-refractivity contribution in [2.45, 2.75) is 58.7 Å². The van der Waals surface area contributed by atoms with E-state index in [1.165, 1.54) is 11.8 Å². The van der Waals surface area contributed by atoms with Crippen molar-refractivity contribution in [2.75, 3.05) is 26.7 Å². The Morgan fingerprint density at radius 3 is 2.44 bits per heavy atom. The Balaban J connectivity index is 2.30. The molecule has 13 heteroatoms. The molecule has 1 heterocycles. The zero-order valence-corrected chi connectivity index (χ0v) is 19.6. The molecular weight excluding hydrogens is 463 g/mol. The zero-order valence-electron chi connectivity index (χ0n) is 19.6. The number of rotatable bonds is 7. The van der Waals surface area contributed by atoms with Crippen molar-refractivity contribution in [1.29, 1.82) is 0 Å². The van der Waals surface area contributed by atoms with Crippen LogP contribution >= 0.6 is 0 Å². The van der Waals surface area contributed by atoms with E-state index in [-0.39, 0.29) is 24.8 Å². The summed E-state index contributed by atoms with van der Waals surface area (Å²) in [5, 5.41) is 11.5. The lowest BCUT2D eigenvalue weighted by molar-refractivity contribution is -0.385. The van der Waals surface area contributed by atoms with Gasteiger partial charge in [0.15, 0.2) is 0 Å². The molecule has 1 aliphatic rings. The highest BCUT2D eigenvalue weighted by atomic mass is 19.4. The lowest BCUT2D eigenvalue weighted by atomic mass is 10.1. The summed E-state index contributed by atoms with van der Waals surface area (Å²) in [6.45, 7) is 7.12. The largest absolute Gasteiger partial charge is 0.573 e. The van der Waals surface area contributed by atoms with Crippen molar-refractivity contribution in [1.82, 2.24) is 9.80 Å². The van der Waals surface area contributed by atoms with Gasteiger partial charge in [-0.1, -0.05) is 0 Å². The van der Waals surface area contributed by atoms with Crippen LogP contribution in [-0.2, 0) is 16.0 Å². The summed E-state index contributed by atoms with van der Waals surface area (Å²) < 4.78 is 53.2. The third-order valence-corrected chi connectivity index (χ3v) is 4.97. The quantitative estimate of drug-likeness (QED) is 0.318. The van der Waals surface area contributed by atoms with E-state index < -0.39 is 45.9 Å². The van der Waals surface area contributed by atoms with Gasteiger partial charge >= 0.3 is 18.4 Å². The van der Waals surface area contributed by atoms with Crippen molar-refractivity contribution < 1.29 is 41.9 Å². The topological polar surface area (TPSA) is 111 Å². The number of likely N-dealkylation sites (N-methyl/N-ethyl adjacent to an activating group) is 1. The van der Waals surface area contributed by atoms with Crippen LogP contribution in [0.5, 0.6) is 5.75 Å². The second kappa shape index (κ2) is 10.5. The van der Waals surface area contributed by atoms with Gasteiger partial charge in [0.05, 0.1) is 11.5 Å². The van der Waals surface area contributed by atoms with E-state index in [0.717, 1.165) is 6.07 Å². The van der Waals surface area contributed by atoms with Crippen LogP contribution in [0.25, 0.3) is 0 Å². The molecule has 0 N–H and O–H groups in total. The number of halogens is 3. The van der Waals surface area contributed by atoms with E-state index in [9.17, 15) is 32.9 Å². The van der Waals surface area contributed by atoms with Crippen molar-refractivity contribution >= 4 is 17.7 Å². The van der Waals surface area contributed by atoms with Gasteiger partial charge in [0.1, 0.15) is 16.9 Å². The molecule has 1 aliphatic heterocycles. The van der Waals surface area contributed by atoms with Gasteiger partial charge in [0.25, 0.3) is 5.69 Å². The first-order valence-electron chi connectivity index (χ1n) is 10.5. The first-order chi connectivity index (χ1) is 15.6. The fraction of sp³-hybridized carbons (Fsp3) is 0.619. The van der Waals surface area contributed by atoms with Gasteiger partial charge in [-0.2, -0.15) is 0 Å². The molecule has 0 unspecified atom stereocenters. The standard InChI is InChI=1S/C21H28F3N3O7/c1-6-32-18(28)15-10-17(33-21(22,23)24)13(9-16(15)27(30)31)11-26-8-7-14(12-26)25(5)19(29)34-20(2,3)4/h9-10,14H,6-8,11-12H2,1-5H3/t14-/m1/s1. The lowest BCUT2D eigenvalue weighted by Crippen LogP contribution is -2.42. The first kappa shape index (κ1) is 27.2. The summed E-state index contributed by atoms with van der Waals surface area (Å²) >= 11 is 0. The zero-order chi connectivity index (χ0) is 25.8. The number of hydrogen-bond donors (Lipinski definition) is 0. The number of nitrogens with zero attached hydrogens (tertiary/aromatic N) is 3. The molecule has 0 aromatic heterocycles. The Hall–Kier alpha value is -3.09. The third-order valence-electron chi connectivity index (χ3n) is 4.97. The highest BCUT2D eigenvalue weighted by Gasteiger charge is 2.36. The maximum absolute atomic E-state index is 13.0. The molecule has 0 saturated carbocycles. The van der Waals surface area contributed by atoms with E-state index in [1.807, 2.05) is 0 Å². The summed E-state index contributed by atoms with van der Waals surface area (Å²) in [5.74, 6) is -1.86. The van der Waals surface area contributed by atoms with Crippen molar-refractivity contribution in [3.8, 4) is 5.75 Å². The number of benzene rings is 1. The summed E-state index contributed by atoms with van der Waals surface area (Å²) in [4.78, 5) is 38.2. The monoisotopic (exact) mass is 491 g/mol. The summed E-state index contributed by atoms with van der Waals surface area (Å²) in [7, 11) is 1.57. The minimum Gasteiger partial charge on any atom is -0.462 e. The van der Waals surface area contributed by atoms with E-state index in [4.69, 9.17) is 9.47 Å². The van der Waals surface area contributed by atoms with Gasteiger partial charge in [-0.15, -0.1) is 13.2 Å². The third kappa shape index (κ3) is 7.47. The van der Waals surface area contributed by atoms with Crippen LogP contribution in [0.3, 0.4) is 0 Å². The number of alkyl halides is 3. The summed E-state index contributed by atoms with van der Waals surface area (Å²) in [6.07, 6.45) is -5.09. The average Bonchev–Trinajstić information content (AvgIpc) is 3.14. The molecule has 10 nitrogen and oxygen atoms in total. The van der Waals surface area contributed by atoms with Crippen LogP contribution in [0.15, 0.2) is 12.1 Å². The highest BCUT2D eigenvalue weighted by molar-refractivity contribution is 5.94. The van der Waals surface area contributed by atoms with Crippen molar-refractivity contribution in [3.05, 3.63) is 33.4 Å². The second-order valence-corrected chi connectivity index (χ2v) is 8.77. The molecule has 1 aromatic carbocycles. The number of nitro benzene ring substituents is 1. The molecule has 0 spiro atoms. The van der Waals surface area contributed by atoms with Crippen molar-refractivity contribution in [2.24, 2.45) is 0 Å². The smallest absolute Gasteiger partial charge is 0.462 e. The predicted molar refractivity (Wildman–Crippen MR) is 113 cm³/mol. The lowest BCUT2D eigenvalue weighted by Gasteiger charge is -2.28. The molecule has 1 saturated heterocycles. The molecule has 1 amide bonds. The van der Waals surface area contributed by atoms with Crippen LogP contribution in [0.2, 0.25) is 0 Å². The van der Waals surface area contributed by atoms with E-state index in [2.05, 4.69) is 4.74 Å². The predicted octanol–water partition coefficient (Wildman–Crippen LogP) is 4.11. The molecule has 1 atom stereocenters. The summed E-state index contributed by atoms with van der Waals surface area (Å²) in [6, 6.07) is 1.30. The molecule has 0 radical (unpaired) electrons. The molecule has 1 aromatic rings. The summed E-state index contributed by atoms with van der Waals surface area (Å²) in [5.41, 5.74) is -2.14. The molecule has 2 rings (SSSR count). The second-order valence-electron chi connectivity index (χ2n) is 8.77. The van der Waals surface area contributed by atoms with Gasteiger partial charge in [0, 0.05) is 50.4 Å². The Kier molecular flexibility index (Phi) is 8.35. The number of amides is 1. The highest BCUT2D eigenvalue weighted by Crippen LogP contribution is 2.34. The minimum absolute atomic E-state index is 0.118. The Morgan fingerprint density at radius 1 is 1.26 bits per heavy atom. The molecule has 1 fully saturated rings. The number of ether oxygens (including phenoxy) is 3. The van der Waals surface area contributed by atoms with Gasteiger partial charge in [0.2, 0.25) is 0 Å². The normalized spacial score (nSPS) is 16.8. The van der Waals surface area contributed by atoms with Crippen LogP contribution in [0.1, 0.15) is 50.0 Å². The Labute approximate surface area is 194 Å². The van der Waals surface area contributed by atoms with Crippen LogP contribution in [-0.4, -0.2) is 71.5 Å². The minimum atomic E-state index is -5.08.